The highest BCUT2D eigenvalue weighted by molar-refractivity contribution is 5.79. The number of rotatable bonds is 7. The van der Waals surface area contributed by atoms with Crippen LogP contribution in [0.4, 0.5) is 33.3 Å². The van der Waals surface area contributed by atoms with E-state index in [9.17, 15) is 31.9 Å². The average molecular weight is 533 g/mol. The van der Waals surface area contributed by atoms with E-state index in [-0.39, 0.29) is 5.92 Å². The van der Waals surface area contributed by atoms with Crippen molar-refractivity contribution in [1.29, 1.82) is 0 Å². The molecule has 1 heterocycles. The van der Waals surface area contributed by atoms with Gasteiger partial charge in [0.05, 0.1) is 11.5 Å². The predicted octanol–water partition coefficient (Wildman–Crippen LogP) is 7.19. The molecule has 3 aromatic rings. The van der Waals surface area contributed by atoms with Crippen LogP contribution < -0.4 is 9.80 Å². The molecule has 0 saturated carbocycles. The Morgan fingerprint density at radius 1 is 0.816 bits per heavy atom. The van der Waals surface area contributed by atoms with Gasteiger partial charge in [-0.25, -0.2) is 8.78 Å². The number of halogens is 5. The quantitative estimate of drug-likeness (QED) is 0.327. The molecular weight excluding hydrogens is 503 g/mol. The lowest BCUT2D eigenvalue weighted by Crippen LogP contribution is -2.46. The van der Waals surface area contributed by atoms with E-state index in [0.717, 1.165) is 30.0 Å². The highest BCUT2D eigenvalue weighted by Gasteiger charge is 2.30. The summed E-state index contributed by atoms with van der Waals surface area (Å²) in [4.78, 5) is 16.2. The topological polar surface area (TPSA) is 43.8 Å². The first-order valence-electron chi connectivity index (χ1n) is 12.4. The number of piperazine rings is 1. The molecule has 1 saturated heterocycles. The third-order valence-electron chi connectivity index (χ3n) is 6.81. The third-order valence-corrected chi connectivity index (χ3v) is 6.81. The van der Waals surface area contributed by atoms with Gasteiger partial charge in [0.1, 0.15) is 0 Å². The maximum Gasteiger partial charge on any atom is 0.416 e. The number of hydrogen-bond acceptors (Lipinski definition) is 3. The minimum Gasteiger partial charge on any atom is -0.481 e. The molecule has 3 aromatic carbocycles. The van der Waals surface area contributed by atoms with Gasteiger partial charge >= 0.3 is 12.1 Å². The van der Waals surface area contributed by atoms with E-state index in [1.165, 1.54) is 18.2 Å². The Morgan fingerprint density at radius 2 is 1.42 bits per heavy atom. The van der Waals surface area contributed by atoms with E-state index in [1.807, 2.05) is 30.9 Å². The molecule has 0 aliphatic carbocycles. The minimum atomic E-state index is -4.45. The van der Waals surface area contributed by atoms with Gasteiger partial charge in [0, 0.05) is 43.6 Å². The molecular formula is C29H29F5N2O2. The van der Waals surface area contributed by atoms with Gasteiger partial charge in [0.25, 0.3) is 0 Å². The average Bonchev–Trinajstić information content (AvgIpc) is 2.88. The lowest BCUT2D eigenvalue weighted by atomic mass is 9.88. The summed E-state index contributed by atoms with van der Waals surface area (Å²) in [6.45, 7) is 6.01. The molecule has 0 spiro atoms. The molecule has 4 rings (SSSR count). The zero-order valence-corrected chi connectivity index (χ0v) is 21.1. The molecule has 0 bridgehead atoms. The van der Waals surface area contributed by atoms with Crippen LogP contribution in [0.2, 0.25) is 0 Å². The molecule has 4 nitrogen and oxygen atoms in total. The first-order chi connectivity index (χ1) is 17.9. The molecule has 0 radical (unpaired) electrons. The van der Waals surface area contributed by atoms with Crippen LogP contribution in [0, 0.1) is 17.6 Å². The number of carboxylic acids is 1. The molecule has 38 heavy (non-hydrogen) atoms. The third kappa shape index (κ3) is 6.26. The summed E-state index contributed by atoms with van der Waals surface area (Å²) >= 11 is 0. The van der Waals surface area contributed by atoms with Crippen molar-refractivity contribution in [1.82, 2.24) is 0 Å². The van der Waals surface area contributed by atoms with Gasteiger partial charge in [0.15, 0.2) is 11.6 Å². The standard InChI is InChI=1S/C29H29F5N2O2/c1-18(2)13-25(28(37)38)21-14-20(19-3-5-22(6-4-19)29(32,33)34)15-24(16-21)36-11-9-35(10-12-36)23-7-8-26(30)27(31)17-23/h3-8,14-18,25H,9-13H2,1-2H3,(H,37,38). The van der Waals surface area contributed by atoms with Gasteiger partial charge in [-0.2, -0.15) is 13.2 Å². The second-order valence-electron chi connectivity index (χ2n) is 9.98. The van der Waals surface area contributed by atoms with Crippen LogP contribution in [0.1, 0.15) is 37.3 Å². The van der Waals surface area contributed by atoms with Crippen LogP contribution in [0.3, 0.4) is 0 Å². The number of benzene rings is 3. The minimum absolute atomic E-state index is 0.119. The number of carboxylic acid groups (broad SMARTS) is 1. The number of carbonyl (C=O) groups is 1. The van der Waals surface area contributed by atoms with Crippen molar-refractivity contribution in [2.75, 3.05) is 36.0 Å². The lowest BCUT2D eigenvalue weighted by Gasteiger charge is -2.38. The van der Waals surface area contributed by atoms with Crippen molar-refractivity contribution in [3.63, 3.8) is 0 Å². The molecule has 1 N–H and O–H groups in total. The van der Waals surface area contributed by atoms with Crippen molar-refractivity contribution in [2.45, 2.75) is 32.4 Å². The molecule has 9 heteroatoms. The van der Waals surface area contributed by atoms with Gasteiger partial charge in [-0.3, -0.25) is 4.79 Å². The number of aliphatic carboxylic acids is 1. The second-order valence-corrected chi connectivity index (χ2v) is 9.98. The summed E-state index contributed by atoms with van der Waals surface area (Å²) < 4.78 is 66.3. The summed E-state index contributed by atoms with van der Waals surface area (Å²) in [6.07, 6.45) is -4.04. The number of nitrogens with zero attached hydrogens (tertiary/aromatic N) is 2. The summed E-state index contributed by atoms with van der Waals surface area (Å²) in [5, 5.41) is 9.96. The fourth-order valence-corrected chi connectivity index (χ4v) is 4.79. The number of hydrogen-bond donors (Lipinski definition) is 1. The summed E-state index contributed by atoms with van der Waals surface area (Å²) in [5.41, 5.74) is 2.35. The van der Waals surface area contributed by atoms with Crippen LogP contribution in [-0.2, 0) is 11.0 Å². The molecule has 1 aliphatic heterocycles. The fourth-order valence-electron chi connectivity index (χ4n) is 4.79. The van der Waals surface area contributed by atoms with Crippen LogP contribution in [0.15, 0.2) is 60.7 Å². The van der Waals surface area contributed by atoms with Crippen molar-refractivity contribution < 1.29 is 31.9 Å². The molecule has 1 aliphatic rings. The van der Waals surface area contributed by atoms with Crippen LogP contribution in [0.25, 0.3) is 11.1 Å². The first kappa shape index (κ1) is 27.4. The Hall–Kier alpha value is -3.62. The maximum absolute atomic E-state index is 13.7. The van der Waals surface area contributed by atoms with Gasteiger partial charge in [-0.15, -0.1) is 0 Å². The molecule has 1 fully saturated rings. The van der Waals surface area contributed by atoms with Gasteiger partial charge in [0.2, 0.25) is 0 Å². The van der Waals surface area contributed by atoms with Crippen molar-refractivity contribution in [2.24, 2.45) is 5.92 Å². The largest absolute Gasteiger partial charge is 0.481 e. The molecule has 202 valence electrons. The van der Waals surface area contributed by atoms with Crippen molar-refractivity contribution in [3.05, 3.63) is 83.4 Å². The van der Waals surface area contributed by atoms with Gasteiger partial charge < -0.3 is 14.9 Å². The zero-order valence-electron chi connectivity index (χ0n) is 21.1. The molecule has 1 unspecified atom stereocenters. The predicted molar refractivity (Wildman–Crippen MR) is 137 cm³/mol. The van der Waals surface area contributed by atoms with E-state index in [1.54, 1.807) is 6.07 Å². The van der Waals surface area contributed by atoms with Crippen LogP contribution >= 0.6 is 0 Å². The Kier molecular flexibility index (Phi) is 7.94. The summed E-state index contributed by atoms with van der Waals surface area (Å²) in [6, 6.07) is 14.0. The highest BCUT2D eigenvalue weighted by atomic mass is 19.4. The first-order valence-corrected chi connectivity index (χ1v) is 12.4. The Bertz CT molecular complexity index is 1280. The Labute approximate surface area is 218 Å². The smallest absolute Gasteiger partial charge is 0.416 e. The van der Waals surface area contributed by atoms with Gasteiger partial charge in [-0.05, 0) is 65.4 Å². The fraction of sp³-hybridized carbons (Fsp3) is 0.345. The van der Waals surface area contributed by atoms with E-state index in [4.69, 9.17) is 0 Å². The number of anilines is 2. The highest BCUT2D eigenvalue weighted by Crippen LogP contribution is 2.36. The van der Waals surface area contributed by atoms with Crippen LogP contribution in [-0.4, -0.2) is 37.3 Å². The summed E-state index contributed by atoms with van der Waals surface area (Å²) in [5.74, 6) is -3.43. The SMILES string of the molecule is CC(C)CC(C(=O)O)c1cc(-c2ccc(C(F)(F)F)cc2)cc(N2CCN(c3ccc(F)c(F)c3)CC2)c1. The normalized spacial score (nSPS) is 15.2. The van der Waals surface area contributed by atoms with E-state index in [2.05, 4.69) is 4.90 Å². The molecule has 0 aromatic heterocycles. The van der Waals surface area contributed by atoms with Crippen molar-refractivity contribution in [3.8, 4) is 11.1 Å². The zero-order chi connectivity index (χ0) is 27.6. The Morgan fingerprint density at radius 3 is 1.95 bits per heavy atom. The van der Waals surface area contributed by atoms with Crippen LogP contribution in [0.5, 0.6) is 0 Å². The van der Waals surface area contributed by atoms with E-state index < -0.39 is 35.3 Å². The molecule has 1 atom stereocenters. The number of alkyl halides is 3. The summed E-state index contributed by atoms with van der Waals surface area (Å²) in [7, 11) is 0. The Balaban J connectivity index is 1.66. The monoisotopic (exact) mass is 532 g/mol. The van der Waals surface area contributed by atoms with Crippen molar-refractivity contribution >= 4 is 17.3 Å². The van der Waals surface area contributed by atoms with E-state index in [0.29, 0.717) is 55.0 Å². The molecule has 0 amide bonds. The lowest BCUT2D eigenvalue weighted by molar-refractivity contribution is -0.139. The van der Waals surface area contributed by atoms with Gasteiger partial charge in [-0.1, -0.05) is 32.0 Å². The van der Waals surface area contributed by atoms with E-state index >= 15 is 0 Å². The maximum atomic E-state index is 13.7. The second kappa shape index (κ2) is 11.0.